The molecule has 0 saturated carbocycles. The Kier molecular flexibility index (Phi) is 7.68. The first-order valence-corrected chi connectivity index (χ1v) is 8.99. The van der Waals surface area contributed by atoms with E-state index in [0.717, 1.165) is 17.3 Å². The van der Waals surface area contributed by atoms with Crippen LogP contribution in [-0.4, -0.2) is 55.5 Å². The van der Waals surface area contributed by atoms with Crippen molar-refractivity contribution in [2.75, 3.05) is 33.5 Å². The fourth-order valence-electron chi connectivity index (χ4n) is 2.22. The van der Waals surface area contributed by atoms with Gasteiger partial charge in [0.1, 0.15) is 5.75 Å². The van der Waals surface area contributed by atoms with E-state index in [0.29, 0.717) is 36.8 Å². The van der Waals surface area contributed by atoms with E-state index in [4.69, 9.17) is 14.2 Å². The van der Waals surface area contributed by atoms with Gasteiger partial charge in [-0.15, -0.1) is 0 Å². The minimum absolute atomic E-state index is 0.159. The van der Waals surface area contributed by atoms with E-state index in [2.05, 4.69) is 0 Å². The Morgan fingerprint density at radius 1 is 1.23 bits per heavy atom. The van der Waals surface area contributed by atoms with E-state index in [9.17, 15) is 14.4 Å². The molecule has 7 nitrogen and oxygen atoms in total. The second-order valence-electron chi connectivity index (χ2n) is 5.34. The second-order valence-corrected chi connectivity index (χ2v) is 6.34. The number of imide groups is 1. The molecule has 1 aromatic carbocycles. The summed E-state index contributed by atoms with van der Waals surface area (Å²) in [5.74, 6) is -0.208. The van der Waals surface area contributed by atoms with Gasteiger partial charge in [-0.25, -0.2) is 4.79 Å². The maximum absolute atomic E-state index is 12.3. The summed E-state index contributed by atoms with van der Waals surface area (Å²) >= 11 is 0.924. The van der Waals surface area contributed by atoms with E-state index in [1.807, 2.05) is 0 Å². The van der Waals surface area contributed by atoms with Gasteiger partial charge in [0.2, 0.25) is 0 Å². The standard InChI is InChI=1S/C18H21NO6S/c1-3-24-16(20)12-25-14-7-5-13(6-8-14)11-15-17(21)19(18(22)26-15)9-4-10-23-2/h5-8,11H,3-4,9-10,12H2,1-2H3/b15-11+. The van der Waals surface area contributed by atoms with Gasteiger partial charge in [-0.1, -0.05) is 12.1 Å². The molecule has 1 aliphatic rings. The van der Waals surface area contributed by atoms with E-state index in [1.54, 1.807) is 44.4 Å². The molecule has 26 heavy (non-hydrogen) atoms. The average Bonchev–Trinajstić information content (AvgIpc) is 2.89. The van der Waals surface area contributed by atoms with Crippen molar-refractivity contribution in [1.29, 1.82) is 0 Å². The first-order valence-electron chi connectivity index (χ1n) is 8.18. The minimum atomic E-state index is -0.432. The number of hydrogen-bond donors (Lipinski definition) is 0. The van der Waals surface area contributed by atoms with Crippen molar-refractivity contribution in [1.82, 2.24) is 4.90 Å². The smallest absolute Gasteiger partial charge is 0.344 e. The number of carbonyl (C=O) groups is 3. The third-order valence-electron chi connectivity index (χ3n) is 3.44. The van der Waals surface area contributed by atoms with E-state index in [-0.39, 0.29) is 17.8 Å². The van der Waals surface area contributed by atoms with Gasteiger partial charge in [-0.3, -0.25) is 14.5 Å². The molecule has 2 amide bonds. The highest BCUT2D eigenvalue weighted by Crippen LogP contribution is 2.32. The number of ether oxygens (including phenoxy) is 3. The molecule has 0 N–H and O–H groups in total. The maximum atomic E-state index is 12.3. The molecule has 0 unspecified atom stereocenters. The van der Waals surface area contributed by atoms with Crippen LogP contribution in [0.4, 0.5) is 4.79 Å². The molecule has 0 bridgehead atoms. The Bertz CT molecular complexity index is 685. The van der Waals surface area contributed by atoms with E-state index < -0.39 is 5.97 Å². The summed E-state index contributed by atoms with van der Waals surface area (Å²) in [6.07, 6.45) is 2.27. The molecule has 140 valence electrons. The predicted molar refractivity (Wildman–Crippen MR) is 97.7 cm³/mol. The summed E-state index contributed by atoms with van der Waals surface area (Å²) in [6, 6.07) is 6.88. The molecule has 0 aliphatic carbocycles. The third kappa shape index (κ3) is 5.60. The van der Waals surface area contributed by atoms with Gasteiger partial charge in [-0.2, -0.15) is 0 Å². The molecular weight excluding hydrogens is 358 g/mol. The highest BCUT2D eigenvalue weighted by atomic mass is 32.2. The Hall–Kier alpha value is -2.32. The molecular formula is C18H21NO6S. The number of amides is 2. The largest absolute Gasteiger partial charge is 0.482 e. The first kappa shape index (κ1) is 20.0. The molecule has 1 heterocycles. The van der Waals surface area contributed by atoms with Crippen molar-refractivity contribution >= 4 is 35.0 Å². The number of nitrogens with zero attached hydrogens (tertiary/aromatic N) is 1. The highest BCUT2D eigenvalue weighted by Gasteiger charge is 2.34. The number of esters is 1. The summed E-state index contributed by atoms with van der Waals surface area (Å²) < 4.78 is 15.0. The van der Waals surface area contributed by atoms with Crippen LogP contribution in [0, 0.1) is 0 Å². The van der Waals surface area contributed by atoms with E-state index in [1.165, 1.54) is 4.90 Å². The van der Waals surface area contributed by atoms with Crippen LogP contribution < -0.4 is 4.74 Å². The molecule has 0 aromatic heterocycles. The summed E-state index contributed by atoms with van der Waals surface area (Å²) in [7, 11) is 1.58. The number of hydrogen-bond acceptors (Lipinski definition) is 7. The lowest BCUT2D eigenvalue weighted by molar-refractivity contribution is -0.145. The highest BCUT2D eigenvalue weighted by molar-refractivity contribution is 8.18. The molecule has 0 radical (unpaired) electrons. The number of benzene rings is 1. The van der Waals surface area contributed by atoms with Gasteiger partial charge in [0.05, 0.1) is 11.5 Å². The average molecular weight is 379 g/mol. The Balaban J connectivity index is 1.95. The zero-order valence-corrected chi connectivity index (χ0v) is 15.5. The van der Waals surface area contributed by atoms with Crippen LogP contribution in [0.25, 0.3) is 6.08 Å². The normalized spacial score (nSPS) is 15.6. The molecule has 1 aromatic rings. The number of methoxy groups -OCH3 is 1. The van der Waals surface area contributed by atoms with Gasteiger partial charge in [0, 0.05) is 20.3 Å². The van der Waals surface area contributed by atoms with Gasteiger partial charge < -0.3 is 14.2 Å². The van der Waals surface area contributed by atoms with Gasteiger partial charge in [0.25, 0.3) is 11.1 Å². The first-order chi connectivity index (χ1) is 12.5. The van der Waals surface area contributed by atoms with Crippen LogP contribution in [0.2, 0.25) is 0 Å². The fraction of sp³-hybridized carbons (Fsp3) is 0.389. The van der Waals surface area contributed by atoms with Gasteiger partial charge >= 0.3 is 5.97 Å². The Morgan fingerprint density at radius 3 is 2.62 bits per heavy atom. The third-order valence-corrected chi connectivity index (χ3v) is 4.35. The molecule has 1 aliphatic heterocycles. The van der Waals surface area contributed by atoms with Crippen molar-refractivity contribution in [3.8, 4) is 5.75 Å². The summed E-state index contributed by atoms with van der Waals surface area (Å²) in [6.45, 7) is 2.71. The van der Waals surface area contributed by atoms with Crippen LogP contribution in [0.3, 0.4) is 0 Å². The van der Waals surface area contributed by atoms with Gasteiger partial charge in [0.15, 0.2) is 6.61 Å². The summed E-state index contributed by atoms with van der Waals surface area (Å²) in [5, 5.41) is -0.272. The number of rotatable bonds is 9. The topological polar surface area (TPSA) is 82.1 Å². The maximum Gasteiger partial charge on any atom is 0.344 e. The van der Waals surface area contributed by atoms with E-state index >= 15 is 0 Å². The van der Waals surface area contributed by atoms with Crippen LogP contribution >= 0.6 is 11.8 Å². The van der Waals surface area contributed by atoms with Gasteiger partial charge in [-0.05, 0) is 48.9 Å². The van der Waals surface area contributed by atoms with Crippen molar-refractivity contribution in [3.63, 3.8) is 0 Å². The fourth-order valence-corrected chi connectivity index (χ4v) is 3.08. The lowest BCUT2D eigenvalue weighted by atomic mass is 10.2. The SMILES string of the molecule is CCOC(=O)COc1ccc(/C=C2/SC(=O)N(CCCOC)C2=O)cc1. The molecule has 2 rings (SSSR count). The Labute approximate surface area is 156 Å². The summed E-state index contributed by atoms with van der Waals surface area (Å²) in [4.78, 5) is 37.2. The van der Waals surface area contributed by atoms with Crippen LogP contribution in [0.15, 0.2) is 29.2 Å². The lowest BCUT2D eigenvalue weighted by Crippen LogP contribution is -2.29. The van der Waals surface area contributed by atoms with Crippen molar-refractivity contribution < 1.29 is 28.6 Å². The van der Waals surface area contributed by atoms with Crippen molar-refractivity contribution in [2.24, 2.45) is 0 Å². The van der Waals surface area contributed by atoms with Crippen LogP contribution in [0.1, 0.15) is 18.9 Å². The quantitative estimate of drug-likeness (QED) is 0.371. The lowest BCUT2D eigenvalue weighted by Gasteiger charge is -2.11. The summed E-state index contributed by atoms with van der Waals surface area (Å²) in [5.41, 5.74) is 0.760. The molecule has 0 atom stereocenters. The molecule has 8 heteroatoms. The molecule has 1 saturated heterocycles. The van der Waals surface area contributed by atoms with Crippen LogP contribution in [0.5, 0.6) is 5.75 Å². The molecule has 1 fully saturated rings. The molecule has 0 spiro atoms. The predicted octanol–water partition coefficient (Wildman–Crippen LogP) is 2.70. The second kappa shape index (κ2) is 9.98. The number of carbonyl (C=O) groups excluding carboxylic acids is 3. The Morgan fingerprint density at radius 2 is 1.96 bits per heavy atom. The number of thioether (sulfide) groups is 1. The van der Waals surface area contributed by atoms with Crippen molar-refractivity contribution in [2.45, 2.75) is 13.3 Å². The minimum Gasteiger partial charge on any atom is -0.482 e. The van der Waals surface area contributed by atoms with Crippen molar-refractivity contribution in [3.05, 3.63) is 34.7 Å². The monoisotopic (exact) mass is 379 g/mol. The zero-order valence-electron chi connectivity index (χ0n) is 14.7. The zero-order chi connectivity index (χ0) is 18.9. The van der Waals surface area contributed by atoms with Crippen LogP contribution in [-0.2, 0) is 19.1 Å².